The third-order valence-corrected chi connectivity index (χ3v) is 3.95. The molecule has 0 bridgehead atoms. The van der Waals surface area contributed by atoms with Gasteiger partial charge in [-0.1, -0.05) is 23.8 Å². The molecule has 6 nitrogen and oxygen atoms in total. The van der Waals surface area contributed by atoms with Crippen LogP contribution >= 0.6 is 24.0 Å². The maximum absolute atomic E-state index is 10.6. The molecule has 1 aliphatic rings. The van der Waals surface area contributed by atoms with Gasteiger partial charge in [0.15, 0.2) is 5.96 Å². The second-order valence-electron chi connectivity index (χ2n) is 5.63. The van der Waals surface area contributed by atoms with Crippen LogP contribution in [-0.4, -0.2) is 24.5 Å². The molecule has 0 atom stereocenters. The fourth-order valence-corrected chi connectivity index (χ4v) is 2.62. The van der Waals surface area contributed by atoms with Crippen molar-refractivity contribution in [1.82, 2.24) is 10.6 Å². The molecular formula is C17H25IN4O2. The SMILES string of the molecule is CN=C(NCCC1=CCCCC1)NCc1ccc([N+](=O)[O-])cc1.I. The number of nitro groups is 1. The van der Waals surface area contributed by atoms with Gasteiger partial charge in [0, 0.05) is 32.3 Å². The van der Waals surface area contributed by atoms with E-state index in [2.05, 4.69) is 21.7 Å². The standard InChI is InChI=1S/C17H24N4O2.HI/c1-18-17(19-12-11-14-5-3-2-4-6-14)20-13-15-7-9-16(10-8-15)21(22)23;/h5,7-10H,2-4,6,11-13H2,1H3,(H2,18,19,20);1H. The Morgan fingerprint density at radius 1 is 1.25 bits per heavy atom. The molecule has 0 saturated carbocycles. The van der Waals surface area contributed by atoms with Gasteiger partial charge in [-0.3, -0.25) is 15.1 Å². The van der Waals surface area contributed by atoms with Gasteiger partial charge in [0.2, 0.25) is 0 Å². The lowest BCUT2D eigenvalue weighted by Crippen LogP contribution is -2.37. The first-order valence-electron chi connectivity index (χ1n) is 8.05. The molecule has 0 amide bonds. The molecule has 0 heterocycles. The Hall–Kier alpha value is -1.64. The second kappa shape index (κ2) is 11.0. The Balaban J connectivity index is 0.00000288. The minimum absolute atomic E-state index is 0. The predicted octanol–water partition coefficient (Wildman–Crippen LogP) is 3.77. The topological polar surface area (TPSA) is 79.6 Å². The molecular weight excluding hydrogens is 419 g/mol. The zero-order chi connectivity index (χ0) is 16.5. The van der Waals surface area contributed by atoms with Gasteiger partial charge >= 0.3 is 0 Å². The number of nitrogens with one attached hydrogen (secondary N) is 2. The summed E-state index contributed by atoms with van der Waals surface area (Å²) in [5.41, 5.74) is 2.63. The molecule has 0 saturated heterocycles. The average Bonchev–Trinajstić information content (AvgIpc) is 2.59. The number of halogens is 1. The summed E-state index contributed by atoms with van der Waals surface area (Å²) in [4.78, 5) is 14.4. The lowest BCUT2D eigenvalue weighted by Gasteiger charge is -2.15. The number of nitrogens with zero attached hydrogens (tertiary/aromatic N) is 2. The number of aliphatic imine (C=N–C) groups is 1. The monoisotopic (exact) mass is 444 g/mol. The van der Waals surface area contributed by atoms with E-state index in [1.165, 1.54) is 43.4 Å². The van der Waals surface area contributed by atoms with E-state index in [-0.39, 0.29) is 29.7 Å². The molecule has 2 N–H and O–H groups in total. The van der Waals surface area contributed by atoms with Crippen LogP contribution in [0.4, 0.5) is 5.69 Å². The predicted molar refractivity (Wildman–Crippen MR) is 108 cm³/mol. The highest BCUT2D eigenvalue weighted by Crippen LogP contribution is 2.19. The zero-order valence-electron chi connectivity index (χ0n) is 14.0. The third kappa shape index (κ3) is 6.86. The van der Waals surface area contributed by atoms with Crippen LogP contribution in [0.15, 0.2) is 40.9 Å². The molecule has 1 aromatic carbocycles. The molecule has 0 unspecified atom stereocenters. The number of allylic oxidation sites excluding steroid dienone is 1. The molecule has 0 aliphatic heterocycles. The normalized spacial score (nSPS) is 14.4. The Morgan fingerprint density at radius 2 is 2.00 bits per heavy atom. The van der Waals surface area contributed by atoms with Gasteiger partial charge in [-0.15, -0.1) is 24.0 Å². The van der Waals surface area contributed by atoms with Crippen LogP contribution in [-0.2, 0) is 6.54 Å². The fraction of sp³-hybridized carbons (Fsp3) is 0.471. The molecule has 0 aromatic heterocycles. The van der Waals surface area contributed by atoms with Crippen molar-refractivity contribution in [3.63, 3.8) is 0 Å². The number of rotatable bonds is 6. The molecule has 0 radical (unpaired) electrons. The van der Waals surface area contributed by atoms with Gasteiger partial charge in [0.05, 0.1) is 4.92 Å². The first kappa shape index (κ1) is 20.4. The van der Waals surface area contributed by atoms with Crippen LogP contribution < -0.4 is 10.6 Å². The van der Waals surface area contributed by atoms with Crippen molar-refractivity contribution >= 4 is 35.6 Å². The van der Waals surface area contributed by atoms with Crippen LogP contribution in [0.1, 0.15) is 37.7 Å². The molecule has 0 spiro atoms. The smallest absolute Gasteiger partial charge is 0.269 e. The van der Waals surface area contributed by atoms with Gasteiger partial charge in [0.1, 0.15) is 0 Å². The van der Waals surface area contributed by atoms with E-state index >= 15 is 0 Å². The van der Waals surface area contributed by atoms with Gasteiger partial charge < -0.3 is 10.6 Å². The first-order valence-corrected chi connectivity index (χ1v) is 8.05. The highest BCUT2D eigenvalue weighted by molar-refractivity contribution is 14.0. The molecule has 2 rings (SSSR count). The van der Waals surface area contributed by atoms with Crippen LogP contribution in [0.2, 0.25) is 0 Å². The minimum Gasteiger partial charge on any atom is -0.356 e. The highest BCUT2D eigenvalue weighted by atomic mass is 127. The van der Waals surface area contributed by atoms with Crippen molar-refractivity contribution in [2.45, 2.75) is 38.6 Å². The van der Waals surface area contributed by atoms with Gasteiger partial charge in [-0.25, -0.2) is 0 Å². The number of guanidine groups is 1. The minimum atomic E-state index is -0.391. The molecule has 0 fully saturated rings. The van der Waals surface area contributed by atoms with Gasteiger partial charge in [-0.05, 0) is 37.7 Å². The lowest BCUT2D eigenvalue weighted by molar-refractivity contribution is -0.384. The zero-order valence-corrected chi connectivity index (χ0v) is 16.3. The largest absolute Gasteiger partial charge is 0.356 e. The molecule has 1 aliphatic carbocycles. The maximum Gasteiger partial charge on any atom is 0.269 e. The van der Waals surface area contributed by atoms with Crippen molar-refractivity contribution in [2.75, 3.05) is 13.6 Å². The average molecular weight is 444 g/mol. The van der Waals surface area contributed by atoms with E-state index in [1.807, 2.05) is 0 Å². The van der Waals surface area contributed by atoms with E-state index in [4.69, 9.17) is 0 Å². The summed E-state index contributed by atoms with van der Waals surface area (Å²) in [7, 11) is 1.74. The van der Waals surface area contributed by atoms with E-state index < -0.39 is 4.92 Å². The molecule has 24 heavy (non-hydrogen) atoms. The van der Waals surface area contributed by atoms with Crippen molar-refractivity contribution in [3.05, 3.63) is 51.6 Å². The summed E-state index contributed by atoms with van der Waals surface area (Å²) in [5, 5.41) is 17.2. The maximum atomic E-state index is 10.6. The van der Waals surface area contributed by atoms with Crippen LogP contribution in [0.5, 0.6) is 0 Å². The van der Waals surface area contributed by atoms with E-state index in [9.17, 15) is 10.1 Å². The highest BCUT2D eigenvalue weighted by Gasteiger charge is 2.06. The van der Waals surface area contributed by atoms with Crippen molar-refractivity contribution in [1.29, 1.82) is 0 Å². The van der Waals surface area contributed by atoms with Crippen LogP contribution in [0.25, 0.3) is 0 Å². The molecule has 1 aromatic rings. The third-order valence-electron chi connectivity index (χ3n) is 3.95. The number of benzene rings is 1. The van der Waals surface area contributed by atoms with Crippen molar-refractivity contribution in [3.8, 4) is 0 Å². The van der Waals surface area contributed by atoms with Gasteiger partial charge in [-0.2, -0.15) is 0 Å². The number of hydrogen-bond donors (Lipinski definition) is 2. The quantitative estimate of drug-likeness (QED) is 0.175. The van der Waals surface area contributed by atoms with E-state index in [0.29, 0.717) is 6.54 Å². The molecule has 132 valence electrons. The van der Waals surface area contributed by atoms with Crippen LogP contribution in [0.3, 0.4) is 0 Å². The summed E-state index contributed by atoms with van der Waals surface area (Å²) in [6.07, 6.45) is 8.46. The Morgan fingerprint density at radius 3 is 2.58 bits per heavy atom. The van der Waals surface area contributed by atoms with Gasteiger partial charge in [0.25, 0.3) is 5.69 Å². The van der Waals surface area contributed by atoms with E-state index in [0.717, 1.165) is 24.5 Å². The summed E-state index contributed by atoms with van der Waals surface area (Å²) < 4.78 is 0. The summed E-state index contributed by atoms with van der Waals surface area (Å²) in [6.45, 7) is 1.45. The Bertz CT molecular complexity index is 585. The Kier molecular flexibility index (Phi) is 9.36. The Labute approximate surface area is 160 Å². The number of non-ortho nitro benzene ring substituents is 1. The lowest BCUT2D eigenvalue weighted by atomic mass is 9.97. The first-order chi connectivity index (χ1) is 11.2. The van der Waals surface area contributed by atoms with Crippen molar-refractivity contribution in [2.24, 2.45) is 4.99 Å². The van der Waals surface area contributed by atoms with Crippen molar-refractivity contribution < 1.29 is 4.92 Å². The second-order valence-corrected chi connectivity index (χ2v) is 5.63. The number of nitro benzene ring substituents is 1. The fourth-order valence-electron chi connectivity index (χ4n) is 2.62. The van der Waals surface area contributed by atoms with E-state index in [1.54, 1.807) is 19.2 Å². The summed E-state index contributed by atoms with van der Waals surface area (Å²) >= 11 is 0. The van der Waals surface area contributed by atoms with Crippen LogP contribution in [0, 0.1) is 10.1 Å². The molecule has 7 heteroatoms. The summed E-state index contributed by atoms with van der Waals surface area (Å²) in [6, 6.07) is 6.54. The number of hydrogen-bond acceptors (Lipinski definition) is 3. The summed E-state index contributed by atoms with van der Waals surface area (Å²) in [5.74, 6) is 0.750.